The summed E-state index contributed by atoms with van der Waals surface area (Å²) in [6.07, 6.45) is 0. The summed E-state index contributed by atoms with van der Waals surface area (Å²) in [6.45, 7) is 4.79. The van der Waals surface area contributed by atoms with Gasteiger partial charge in [-0.05, 0) is 40.2 Å². The first-order valence-electron chi connectivity index (χ1n) is 6.60. The molecule has 0 aliphatic carbocycles. The van der Waals surface area contributed by atoms with Crippen molar-refractivity contribution >= 4 is 27.5 Å². The summed E-state index contributed by atoms with van der Waals surface area (Å²) in [5.41, 5.74) is 0.962. The number of benzene rings is 2. The van der Waals surface area contributed by atoms with Gasteiger partial charge in [0.15, 0.2) is 0 Å². The van der Waals surface area contributed by atoms with Gasteiger partial charge in [-0.1, -0.05) is 31.5 Å². The SMILES string of the molecule is CC(C)NCc1ccc(Cl)cc1Oc1cc(F)ccc1Br. The molecule has 0 atom stereocenters. The minimum Gasteiger partial charge on any atom is -0.456 e. The second-order valence-corrected chi connectivity index (χ2v) is 6.26. The molecule has 0 bridgehead atoms. The molecule has 2 nitrogen and oxygen atoms in total. The van der Waals surface area contributed by atoms with Crippen LogP contribution in [0.3, 0.4) is 0 Å². The van der Waals surface area contributed by atoms with E-state index in [-0.39, 0.29) is 5.82 Å². The van der Waals surface area contributed by atoms with Crippen molar-refractivity contribution in [2.24, 2.45) is 0 Å². The summed E-state index contributed by atoms with van der Waals surface area (Å²) in [5.74, 6) is 0.682. The van der Waals surface area contributed by atoms with Crippen LogP contribution in [0.4, 0.5) is 4.39 Å². The van der Waals surface area contributed by atoms with Crippen LogP contribution < -0.4 is 10.1 Å². The van der Waals surface area contributed by atoms with Gasteiger partial charge in [0, 0.05) is 29.2 Å². The van der Waals surface area contributed by atoms with Gasteiger partial charge in [-0.2, -0.15) is 0 Å². The van der Waals surface area contributed by atoms with Crippen molar-refractivity contribution in [1.29, 1.82) is 0 Å². The predicted octanol–water partition coefficient (Wildman–Crippen LogP) is 5.53. The van der Waals surface area contributed by atoms with E-state index in [0.717, 1.165) is 5.56 Å². The maximum atomic E-state index is 13.3. The molecule has 2 aromatic carbocycles. The van der Waals surface area contributed by atoms with Crippen LogP contribution in [0.1, 0.15) is 19.4 Å². The number of hydrogen-bond donors (Lipinski definition) is 1. The van der Waals surface area contributed by atoms with Crippen LogP contribution >= 0.6 is 27.5 Å². The zero-order chi connectivity index (χ0) is 15.4. The molecular weight excluding hydrogens is 357 g/mol. The smallest absolute Gasteiger partial charge is 0.144 e. The lowest BCUT2D eigenvalue weighted by molar-refractivity contribution is 0.462. The quantitative estimate of drug-likeness (QED) is 0.745. The predicted molar refractivity (Wildman–Crippen MR) is 87.6 cm³/mol. The lowest BCUT2D eigenvalue weighted by Crippen LogP contribution is -2.22. The molecule has 5 heteroatoms. The third-order valence-corrected chi connectivity index (χ3v) is 3.73. The second-order valence-electron chi connectivity index (χ2n) is 4.96. The molecule has 0 aromatic heterocycles. The maximum absolute atomic E-state index is 13.3. The molecule has 0 amide bonds. The topological polar surface area (TPSA) is 21.3 Å². The van der Waals surface area contributed by atoms with Gasteiger partial charge in [-0.3, -0.25) is 0 Å². The molecular formula is C16H16BrClFNO. The molecule has 0 fully saturated rings. The Bertz CT molecular complexity index is 634. The summed E-state index contributed by atoms with van der Waals surface area (Å²) >= 11 is 9.38. The minimum atomic E-state index is -0.350. The Morgan fingerprint density at radius 1 is 1.19 bits per heavy atom. The summed E-state index contributed by atoms with van der Waals surface area (Å²) < 4.78 is 19.9. The van der Waals surface area contributed by atoms with Crippen LogP contribution in [0.5, 0.6) is 11.5 Å². The maximum Gasteiger partial charge on any atom is 0.144 e. The van der Waals surface area contributed by atoms with E-state index in [2.05, 4.69) is 35.1 Å². The van der Waals surface area contributed by atoms with Gasteiger partial charge in [0.25, 0.3) is 0 Å². The highest BCUT2D eigenvalue weighted by Gasteiger charge is 2.10. The first-order chi connectivity index (χ1) is 9.95. The van der Waals surface area contributed by atoms with Gasteiger partial charge in [0.05, 0.1) is 4.47 Å². The number of rotatable bonds is 5. The van der Waals surface area contributed by atoms with Gasteiger partial charge in [-0.25, -0.2) is 4.39 Å². The van der Waals surface area contributed by atoms with Crippen LogP contribution in [0.25, 0.3) is 0 Å². The fourth-order valence-electron chi connectivity index (χ4n) is 1.76. The Kier molecular flexibility index (Phi) is 5.62. The molecule has 112 valence electrons. The number of hydrogen-bond acceptors (Lipinski definition) is 2. The van der Waals surface area contributed by atoms with Gasteiger partial charge in [0.1, 0.15) is 17.3 Å². The third kappa shape index (κ3) is 4.70. The van der Waals surface area contributed by atoms with Gasteiger partial charge in [0.2, 0.25) is 0 Å². The molecule has 0 saturated heterocycles. The van der Waals surface area contributed by atoms with E-state index in [1.807, 2.05) is 12.1 Å². The van der Waals surface area contributed by atoms with E-state index in [9.17, 15) is 4.39 Å². The second kappa shape index (κ2) is 7.25. The minimum absolute atomic E-state index is 0.350. The average Bonchev–Trinajstić information content (AvgIpc) is 2.42. The van der Waals surface area contributed by atoms with Crippen molar-refractivity contribution in [3.8, 4) is 11.5 Å². The standard InChI is InChI=1S/C16H16BrClFNO/c1-10(2)20-9-11-3-4-12(18)7-15(11)21-16-8-13(19)5-6-14(16)17/h3-8,10,20H,9H2,1-2H3. The van der Waals surface area contributed by atoms with E-state index in [1.54, 1.807) is 12.1 Å². The fraction of sp³-hybridized carbons (Fsp3) is 0.250. The molecule has 0 saturated carbocycles. The van der Waals surface area contributed by atoms with Crippen molar-refractivity contribution in [2.45, 2.75) is 26.4 Å². The molecule has 0 aliphatic rings. The van der Waals surface area contributed by atoms with Crippen LogP contribution in [-0.4, -0.2) is 6.04 Å². The third-order valence-electron chi connectivity index (χ3n) is 2.84. The summed E-state index contributed by atoms with van der Waals surface area (Å²) in [7, 11) is 0. The fourth-order valence-corrected chi connectivity index (χ4v) is 2.25. The highest BCUT2D eigenvalue weighted by atomic mass is 79.9. The van der Waals surface area contributed by atoms with Gasteiger partial charge in [-0.15, -0.1) is 0 Å². The number of nitrogens with one attached hydrogen (secondary N) is 1. The molecule has 0 aliphatic heterocycles. The Hall–Kier alpha value is -1.10. The number of halogens is 3. The van der Waals surface area contributed by atoms with E-state index in [1.165, 1.54) is 12.1 Å². The van der Waals surface area contributed by atoms with Crippen LogP contribution in [-0.2, 0) is 6.54 Å². The highest BCUT2D eigenvalue weighted by Crippen LogP contribution is 2.33. The van der Waals surface area contributed by atoms with Crippen LogP contribution in [0.2, 0.25) is 5.02 Å². The van der Waals surface area contributed by atoms with E-state index >= 15 is 0 Å². The number of ether oxygens (including phenoxy) is 1. The zero-order valence-electron chi connectivity index (χ0n) is 11.8. The molecule has 0 spiro atoms. The van der Waals surface area contributed by atoms with E-state index in [0.29, 0.717) is 33.6 Å². The molecule has 0 unspecified atom stereocenters. The molecule has 2 aromatic rings. The summed E-state index contributed by atoms with van der Waals surface area (Å²) in [4.78, 5) is 0. The Morgan fingerprint density at radius 2 is 1.95 bits per heavy atom. The molecule has 0 radical (unpaired) electrons. The monoisotopic (exact) mass is 371 g/mol. The lowest BCUT2D eigenvalue weighted by Gasteiger charge is -2.15. The lowest BCUT2D eigenvalue weighted by atomic mass is 10.2. The van der Waals surface area contributed by atoms with Crippen molar-refractivity contribution in [2.75, 3.05) is 0 Å². The summed E-state index contributed by atoms with van der Waals surface area (Å²) in [6, 6.07) is 10.1. The van der Waals surface area contributed by atoms with Crippen LogP contribution in [0, 0.1) is 5.82 Å². The Balaban J connectivity index is 2.29. The van der Waals surface area contributed by atoms with Crippen molar-refractivity contribution in [3.05, 3.63) is 57.3 Å². The summed E-state index contributed by atoms with van der Waals surface area (Å²) in [5, 5.41) is 3.90. The van der Waals surface area contributed by atoms with E-state index in [4.69, 9.17) is 16.3 Å². The molecule has 2 rings (SSSR count). The van der Waals surface area contributed by atoms with E-state index < -0.39 is 0 Å². The van der Waals surface area contributed by atoms with Gasteiger partial charge >= 0.3 is 0 Å². The van der Waals surface area contributed by atoms with Crippen molar-refractivity contribution in [3.63, 3.8) is 0 Å². The molecule has 21 heavy (non-hydrogen) atoms. The molecule has 1 N–H and O–H groups in total. The van der Waals surface area contributed by atoms with Crippen LogP contribution in [0.15, 0.2) is 40.9 Å². The first-order valence-corrected chi connectivity index (χ1v) is 7.77. The highest BCUT2D eigenvalue weighted by molar-refractivity contribution is 9.10. The Labute approximate surface area is 137 Å². The van der Waals surface area contributed by atoms with Gasteiger partial charge < -0.3 is 10.1 Å². The largest absolute Gasteiger partial charge is 0.456 e. The van der Waals surface area contributed by atoms with Crippen molar-refractivity contribution < 1.29 is 9.13 Å². The normalized spacial score (nSPS) is 11.0. The zero-order valence-corrected chi connectivity index (χ0v) is 14.1. The van der Waals surface area contributed by atoms with Crippen molar-refractivity contribution in [1.82, 2.24) is 5.32 Å². The Morgan fingerprint density at radius 3 is 2.67 bits per heavy atom. The average molecular weight is 373 g/mol. The molecule has 0 heterocycles. The first kappa shape index (κ1) is 16.3.